The zero-order valence-electron chi connectivity index (χ0n) is 32.9. The second-order valence-electron chi connectivity index (χ2n) is 19.6. The predicted molar refractivity (Wildman–Crippen MR) is 192 cm³/mol. The molecule has 7 aliphatic rings. The van der Waals surface area contributed by atoms with Crippen molar-refractivity contribution < 1.29 is 59.1 Å². The first-order valence-corrected chi connectivity index (χ1v) is 20.4. The van der Waals surface area contributed by atoms with Crippen LogP contribution in [0.15, 0.2) is 11.6 Å². The molecule has 18 atom stereocenters. The Kier molecular flexibility index (Phi) is 10.4. The molecule has 18 unspecified atom stereocenters. The van der Waals surface area contributed by atoms with Crippen molar-refractivity contribution in [3.63, 3.8) is 0 Å². The number of rotatable bonds is 8. The van der Waals surface area contributed by atoms with Gasteiger partial charge in [-0.3, -0.25) is 4.79 Å². The minimum absolute atomic E-state index is 0.0326. The van der Waals surface area contributed by atoms with Gasteiger partial charge in [0.15, 0.2) is 12.6 Å². The number of carbonyl (C=O) groups is 1. The summed E-state index contributed by atoms with van der Waals surface area (Å²) in [4.78, 5) is 14.2. The Morgan fingerprint density at radius 3 is 2.26 bits per heavy atom. The summed E-state index contributed by atoms with van der Waals surface area (Å²) in [6.45, 7) is 16.9. The highest BCUT2D eigenvalue weighted by Crippen LogP contribution is 2.76. The first-order valence-electron chi connectivity index (χ1n) is 20.4. The maximum absolute atomic E-state index is 14.2. The van der Waals surface area contributed by atoms with Crippen LogP contribution in [0.1, 0.15) is 113 Å². The topological polar surface area (TPSA) is 185 Å². The van der Waals surface area contributed by atoms with Crippen molar-refractivity contribution in [1.82, 2.24) is 0 Å². The van der Waals surface area contributed by atoms with Crippen LogP contribution in [-0.2, 0) is 28.5 Å². The number of cyclic esters (lactones) is 1. The number of esters is 1. The third kappa shape index (κ3) is 5.85. The van der Waals surface area contributed by atoms with E-state index in [-0.39, 0.29) is 41.8 Å². The van der Waals surface area contributed by atoms with E-state index < -0.39 is 83.3 Å². The average Bonchev–Trinajstić information content (AvgIpc) is 3.54. The summed E-state index contributed by atoms with van der Waals surface area (Å²) >= 11 is 0. The van der Waals surface area contributed by atoms with Crippen LogP contribution in [0.3, 0.4) is 0 Å². The lowest BCUT2D eigenvalue weighted by Gasteiger charge is -2.64. The molecule has 0 bridgehead atoms. The van der Waals surface area contributed by atoms with Crippen molar-refractivity contribution in [2.75, 3.05) is 6.61 Å². The Morgan fingerprint density at radius 2 is 1.57 bits per heavy atom. The van der Waals surface area contributed by atoms with E-state index in [9.17, 15) is 35.4 Å². The van der Waals surface area contributed by atoms with E-state index in [1.165, 1.54) is 5.57 Å². The van der Waals surface area contributed by atoms with Gasteiger partial charge in [-0.1, -0.05) is 59.6 Å². The molecule has 0 aromatic heterocycles. The Bertz CT molecular complexity index is 1420. The average molecular weight is 751 g/mol. The zero-order valence-corrected chi connectivity index (χ0v) is 32.9. The van der Waals surface area contributed by atoms with Gasteiger partial charge >= 0.3 is 5.97 Å². The molecule has 12 nitrogen and oxygen atoms in total. The molecule has 53 heavy (non-hydrogen) atoms. The van der Waals surface area contributed by atoms with Crippen LogP contribution < -0.4 is 0 Å². The molecule has 4 aliphatic carbocycles. The van der Waals surface area contributed by atoms with Crippen molar-refractivity contribution in [1.29, 1.82) is 0 Å². The highest BCUT2D eigenvalue weighted by atomic mass is 16.8. The monoisotopic (exact) mass is 750 g/mol. The summed E-state index contributed by atoms with van der Waals surface area (Å²) in [6.07, 6.45) is -3.12. The van der Waals surface area contributed by atoms with Crippen molar-refractivity contribution in [3.8, 4) is 0 Å². The lowest BCUT2D eigenvalue weighted by molar-refractivity contribution is -0.363. The lowest BCUT2D eigenvalue weighted by atomic mass is 9.40. The highest BCUT2D eigenvalue weighted by molar-refractivity contribution is 5.84. The second-order valence-corrected chi connectivity index (χ2v) is 19.6. The van der Waals surface area contributed by atoms with Crippen LogP contribution in [0, 0.1) is 45.3 Å². The van der Waals surface area contributed by atoms with Crippen LogP contribution in [0.25, 0.3) is 0 Å². The molecule has 6 fully saturated rings. The van der Waals surface area contributed by atoms with Gasteiger partial charge in [-0.2, -0.15) is 0 Å². The number of carbonyl (C=O) groups excluding carboxylic acids is 1. The van der Waals surface area contributed by atoms with E-state index in [2.05, 4.69) is 54.5 Å². The maximum atomic E-state index is 14.2. The molecule has 0 aromatic rings. The largest absolute Gasteiger partial charge is 0.459 e. The quantitative estimate of drug-likeness (QED) is 0.121. The van der Waals surface area contributed by atoms with Crippen molar-refractivity contribution >= 4 is 5.97 Å². The van der Waals surface area contributed by atoms with Gasteiger partial charge in [0.25, 0.3) is 0 Å². The fraction of sp³-hybridized carbons (Fsp3) is 0.927. The molecule has 3 heterocycles. The van der Waals surface area contributed by atoms with Gasteiger partial charge in [-0.05, 0) is 99.2 Å². The van der Waals surface area contributed by atoms with Crippen LogP contribution in [-0.4, -0.2) is 116 Å². The molecular weight excluding hydrogens is 684 g/mol. The van der Waals surface area contributed by atoms with Crippen LogP contribution >= 0.6 is 0 Å². The van der Waals surface area contributed by atoms with Gasteiger partial charge in [-0.25, -0.2) is 0 Å². The first-order chi connectivity index (χ1) is 24.7. The van der Waals surface area contributed by atoms with E-state index in [0.29, 0.717) is 12.3 Å². The third-order valence-corrected chi connectivity index (χ3v) is 15.9. The smallest absolute Gasteiger partial charge is 0.316 e. The number of hydrogen-bond donors (Lipinski definition) is 6. The number of ether oxygens (including phenoxy) is 5. The Hall–Kier alpha value is -1.19. The molecule has 3 saturated heterocycles. The maximum Gasteiger partial charge on any atom is 0.316 e. The molecule has 0 radical (unpaired) electrons. The number of aliphatic hydroxyl groups excluding tert-OH is 6. The van der Waals surface area contributed by atoms with Crippen LogP contribution in [0.4, 0.5) is 0 Å². The standard InChI is InChI=1S/C41H66O12/c1-20(2)10-9-15-40(8)26-13-17-39(7)22-11-12-25-37(4,5)28(14-16-38(25,6)23(22)18-27(43)41(26,39)36(48)53-40)51-35-33(30(45)24(42)19-49-35)52-34-32(47)31(46)29(44)21(3)50-34/h18,20-22,24-35,42-47H,9-17,19H2,1-8H3. The van der Waals surface area contributed by atoms with Crippen LogP contribution in [0.5, 0.6) is 0 Å². The molecule has 0 aromatic carbocycles. The molecule has 3 aliphatic heterocycles. The lowest BCUT2D eigenvalue weighted by Crippen LogP contribution is -2.64. The number of hydrogen-bond acceptors (Lipinski definition) is 12. The van der Waals surface area contributed by atoms with Crippen molar-refractivity contribution in [3.05, 3.63) is 11.6 Å². The summed E-state index contributed by atoms with van der Waals surface area (Å²) in [5.74, 6) is 0.633. The van der Waals surface area contributed by atoms with Crippen molar-refractivity contribution in [2.24, 2.45) is 45.3 Å². The van der Waals surface area contributed by atoms with Gasteiger partial charge in [0.2, 0.25) is 0 Å². The number of allylic oxidation sites excluding steroid dienone is 1. The minimum atomic E-state index is -1.60. The Labute approximate surface area is 314 Å². The molecule has 302 valence electrons. The molecule has 0 amide bonds. The first kappa shape index (κ1) is 40.0. The fourth-order valence-electron chi connectivity index (χ4n) is 12.9. The van der Waals surface area contributed by atoms with Gasteiger partial charge in [0.05, 0.1) is 24.9 Å². The van der Waals surface area contributed by atoms with Gasteiger partial charge in [-0.15, -0.1) is 0 Å². The van der Waals surface area contributed by atoms with Gasteiger partial charge in [0.1, 0.15) is 47.6 Å². The van der Waals surface area contributed by atoms with Gasteiger partial charge in [0, 0.05) is 5.92 Å². The number of fused-ring (bicyclic) bond motifs is 4. The van der Waals surface area contributed by atoms with E-state index in [4.69, 9.17) is 23.7 Å². The Morgan fingerprint density at radius 1 is 0.849 bits per heavy atom. The van der Waals surface area contributed by atoms with E-state index in [1.54, 1.807) is 6.92 Å². The number of aliphatic hydroxyl groups is 6. The third-order valence-electron chi connectivity index (χ3n) is 15.9. The molecule has 12 heteroatoms. The normalized spacial score (nSPS) is 53.3. The molecule has 7 rings (SSSR count). The summed E-state index contributed by atoms with van der Waals surface area (Å²) < 4.78 is 30.7. The van der Waals surface area contributed by atoms with E-state index in [1.807, 2.05) is 0 Å². The Balaban J connectivity index is 1.12. The zero-order chi connectivity index (χ0) is 38.6. The molecule has 3 saturated carbocycles. The predicted octanol–water partition coefficient (Wildman–Crippen LogP) is 3.36. The molecule has 6 N–H and O–H groups in total. The van der Waals surface area contributed by atoms with Crippen molar-refractivity contribution in [2.45, 2.75) is 186 Å². The molecule has 1 spiro atoms. The van der Waals surface area contributed by atoms with Crippen LogP contribution in [0.2, 0.25) is 0 Å². The van der Waals surface area contributed by atoms with E-state index >= 15 is 0 Å². The highest BCUT2D eigenvalue weighted by Gasteiger charge is 2.78. The van der Waals surface area contributed by atoms with E-state index in [0.717, 1.165) is 51.4 Å². The SMILES string of the molecule is CC(C)CCCC1(C)OC(=O)C23C(O)C=C4C(CCC5C4(C)CCC(OC4OCC(O)C(O)C4OC4OC(C)C(O)C(O)C4O)C5(C)C)C2(C)CCC13. The summed E-state index contributed by atoms with van der Waals surface area (Å²) in [7, 11) is 0. The fourth-order valence-corrected chi connectivity index (χ4v) is 12.9. The summed E-state index contributed by atoms with van der Waals surface area (Å²) in [6, 6.07) is 0. The minimum Gasteiger partial charge on any atom is -0.459 e. The molecular formula is C41H66O12. The summed E-state index contributed by atoms with van der Waals surface area (Å²) in [5.41, 5.74) is -1.36. The van der Waals surface area contributed by atoms with Gasteiger partial charge < -0.3 is 54.3 Å². The summed E-state index contributed by atoms with van der Waals surface area (Å²) in [5, 5.41) is 65.1. The second kappa shape index (κ2) is 13.7.